The maximum Gasteiger partial charge on any atom is 0.263 e. The highest BCUT2D eigenvalue weighted by Crippen LogP contribution is 2.20. The number of nitrogens with one attached hydrogen (secondary N) is 1. The molecule has 31 heavy (non-hydrogen) atoms. The molecule has 10 heteroatoms. The van der Waals surface area contributed by atoms with Crippen LogP contribution in [0.4, 0.5) is 18.9 Å². The van der Waals surface area contributed by atoms with Crippen molar-refractivity contribution in [1.29, 1.82) is 0 Å². The van der Waals surface area contributed by atoms with Crippen LogP contribution in [-0.4, -0.2) is 20.6 Å². The van der Waals surface area contributed by atoms with Crippen LogP contribution in [0.3, 0.4) is 0 Å². The zero-order valence-corrected chi connectivity index (χ0v) is 15.7. The van der Waals surface area contributed by atoms with Crippen LogP contribution in [-0.2, 0) is 11.3 Å². The summed E-state index contributed by atoms with van der Waals surface area (Å²) in [6.45, 7) is -0.457. The van der Waals surface area contributed by atoms with E-state index in [4.69, 9.17) is 4.52 Å². The van der Waals surface area contributed by atoms with E-state index in [-0.39, 0.29) is 23.0 Å². The Morgan fingerprint density at radius 1 is 1.03 bits per heavy atom. The minimum Gasteiger partial charge on any atom is -0.333 e. The molecule has 0 fully saturated rings. The van der Waals surface area contributed by atoms with Crippen LogP contribution in [0.1, 0.15) is 0 Å². The third-order valence-corrected chi connectivity index (χ3v) is 4.30. The first-order chi connectivity index (χ1) is 14.9. The standard InChI is InChI=1S/C21H13F3N4O3/c22-13-5-3-12(4-6-13)19-26-20(31-27-19)15-2-1-9-28(21(15)30)11-18(29)25-17-10-14(23)7-8-16(17)24/h1-10H,11H2,(H,25,29). The van der Waals surface area contributed by atoms with Gasteiger partial charge >= 0.3 is 0 Å². The summed E-state index contributed by atoms with van der Waals surface area (Å²) < 4.78 is 46.2. The Morgan fingerprint density at radius 3 is 2.55 bits per heavy atom. The maximum absolute atomic E-state index is 13.7. The molecule has 0 saturated heterocycles. The van der Waals surface area contributed by atoms with Gasteiger partial charge in [-0.05, 0) is 48.5 Å². The minimum absolute atomic E-state index is 0.0353. The van der Waals surface area contributed by atoms with E-state index in [2.05, 4.69) is 15.5 Å². The van der Waals surface area contributed by atoms with Gasteiger partial charge in [-0.1, -0.05) is 5.16 Å². The molecule has 0 radical (unpaired) electrons. The summed E-state index contributed by atoms with van der Waals surface area (Å²) in [5.41, 5.74) is -0.418. The highest BCUT2D eigenvalue weighted by atomic mass is 19.1. The zero-order chi connectivity index (χ0) is 22.0. The summed E-state index contributed by atoms with van der Waals surface area (Å²) in [6.07, 6.45) is 1.35. The van der Waals surface area contributed by atoms with Crippen LogP contribution < -0.4 is 10.9 Å². The van der Waals surface area contributed by atoms with Crippen molar-refractivity contribution in [3.63, 3.8) is 0 Å². The molecule has 2 aromatic heterocycles. The normalized spacial score (nSPS) is 10.8. The maximum atomic E-state index is 13.7. The second-order valence-corrected chi connectivity index (χ2v) is 6.46. The van der Waals surface area contributed by atoms with E-state index in [1.165, 1.54) is 42.6 Å². The SMILES string of the molecule is O=C(Cn1cccc(-c2nc(-c3ccc(F)cc3)no2)c1=O)Nc1cc(F)ccc1F. The van der Waals surface area contributed by atoms with Gasteiger partial charge in [-0.2, -0.15) is 4.98 Å². The number of rotatable bonds is 5. The zero-order valence-electron chi connectivity index (χ0n) is 15.7. The van der Waals surface area contributed by atoms with E-state index < -0.39 is 35.5 Å². The number of hydrogen-bond acceptors (Lipinski definition) is 5. The van der Waals surface area contributed by atoms with Crippen LogP contribution in [0.2, 0.25) is 0 Å². The molecule has 0 unspecified atom stereocenters. The molecule has 0 aliphatic rings. The van der Waals surface area contributed by atoms with Gasteiger partial charge in [-0.3, -0.25) is 9.59 Å². The Balaban J connectivity index is 1.56. The highest BCUT2D eigenvalue weighted by Gasteiger charge is 2.16. The quantitative estimate of drug-likeness (QED) is 0.527. The second-order valence-electron chi connectivity index (χ2n) is 6.46. The molecule has 0 atom stereocenters. The van der Waals surface area contributed by atoms with Crippen LogP contribution in [0.25, 0.3) is 22.8 Å². The summed E-state index contributed by atoms with van der Waals surface area (Å²) in [7, 11) is 0. The molecule has 156 valence electrons. The van der Waals surface area contributed by atoms with Gasteiger partial charge in [0.1, 0.15) is 29.6 Å². The Hall–Kier alpha value is -4.21. The molecule has 1 N–H and O–H groups in total. The average Bonchev–Trinajstić information content (AvgIpc) is 3.23. The number of amides is 1. The second kappa shape index (κ2) is 8.27. The Kier molecular flexibility index (Phi) is 5.35. The molecule has 4 aromatic rings. The Morgan fingerprint density at radius 2 is 1.77 bits per heavy atom. The molecule has 0 aliphatic carbocycles. The van der Waals surface area contributed by atoms with Crippen molar-refractivity contribution in [1.82, 2.24) is 14.7 Å². The number of aromatic nitrogens is 3. The number of benzene rings is 2. The third kappa shape index (κ3) is 4.37. The van der Waals surface area contributed by atoms with Crippen molar-refractivity contribution in [2.24, 2.45) is 0 Å². The van der Waals surface area contributed by atoms with E-state index in [1.807, 2.05) is 0 Å². The van der Waals surface area contributed by atoms with E-state index in [1.54, 1.807) is 0 Å². The predicted octanol–water partition coefficient (Wildman–Crippen LogP) is 3.62. The fraction of sp³-hybridized carbons (Fsp3) is 0.0476. The fourth-order valence-corrected chi connectivity index (χ4v) is 2.81. The predicted molar refractivity (Wildman–Crippen MR) is 104 cm³/mol. The molecule has 0 bridgehead atoms. The van der Waals surface area contributed by atoms with Crippen molar-refractivity contribution in [2.45, 2.75) is 6.54 Å². The number of carbonyl (C=O) groups excluding carboxylic acids is 1. The van der Waals surface area contributed by atoms with E-state index in [0.717, 1.165) is 22.8 Å². The molecule has 0 saturated carbocycles. The molecule has 2 heterocycles. The van der Waals surface area contributed by atoms with Gasteiger partial charge < -0.3 is 14.4 Å². The van der Waals surface area contributed by atoms with Crippen molar-refractivity contribution in [2.75, 3.05) is 5.32 Å². The summed E-state index contributed by atoms with van der Waals surface area (Å²) >= 11 is 0. The molecular formula is C21H13F3N4O3. The van der Waals surface area contributed by atoms with E-state index >= 15 is 0 Å². The first kappa shape index (κ1) is 20.1. The number of nitrogens with zero attached hydrogens (tertiary/aromatic N) is 3. The van der Waals surface area contributed by atoms with Gasteiger partial charge in [0.15, 0.2) is 0 Å². The van der Waals surface area contributed by atoms with Gasteiger partial charge in [0.25, 0.3) is 11.4 Å². The molecular weight excluding hydrogens is 413 g/mol. The average molecular weight is 426 g/mol. The number of anilines is 1. The smallest absolute Gasteiger partial charge is 0.263 e. The summed E-state index contributed by atoms with van der Waals surface area (Å²) in [6, 6.07) is 11.0. The lowest BCUT2D eigenvalue weighted by Gasteiger charge is -2.09. The van der Waals surface area contributed by atoms with Crippen molar-refractivity contribution in [3.8, 4) is 22.8 Å². The number of pyridine rings is 1. The van der Waals surface area contributed by atoms with E-state index in [9.17, 15) is 22.8 Å². The Bertz CT molecular complexity index is 1320. The van der Waals surface area contributed by atoms with Crippen LogP contribution in [0.5, 0.6) is 0 Å². The van der Waals surface area contributed by atoms with E-state index in [0.29, 0.717) is 5.56 Å². The topological polar surface area (TPSA) is 90.0 Å². The lowest BCUT2D eigenvalue weighted by molar-refractivity contribution is -0.116. The summed E-state index contributed by atoms with van der Waals surface area (Å²) in [5.74, 6) is -2.62. The highest BCUT2D eigenvalue weighted by molar-refractivity contribution is 5.90. The van der Waals surface area contributed by atoms with Crippen LogP contribution in [0.15, 0.2) is 70.1 Å². The van der Waals surface area contributed by atoms with Crippen molar-refractivity contribution < 1.29 is 22.5 Å². The largest absolute Gasteiger partial charge is 0.333 e. The monoisotopic (exact) mass is 426 g/mol. The van der Waals surface area contributed by atoms with Gasteiger partial charge in [-0.15, -0.1) is 0 Å². The van der Waals surface area contributed by atoms with Gasteiger partial charge in [0, 0.05) is 17.8 Å². The fourth-order valence-electron chi connectivity index (χ4n) is 2.81. The summed E-state index contributed by atoms with van der Waals surface area (Å²) in [5, 5.41) is 6.01. The Labute approximate surface area is 172 Å². The van der Waals surface area contributed by atoms with Gasteiger partial charge in [0.05, 0.1) is 5.69 Å². The van der Waals surface area contributed by atoms with Crippen LogP contribution >= 0.6 is 0 Å². The van der Waals surface area contributed by atoms with Crippen molar-refractivity contribution >= 4 is 11.6 Å². The number of carbonyl (C=O) groups is 1. The molecule has 7 nitrogen and oxygen atoms in total. The molecule has 4 rings (SSSR count). The lowest BCUT2D eigenvalue weighted by Crippen LogP contribution is -2.28. The molecule has 0 aliphatic heterocycles. The minimum atomic E-state index is -0.810. The van der Waals surface area contributed by atoms with Crippen LogP contribution in [0, 0.1) is 17.5 Å². The van der Waals surface area contributed by atoms with Gasteiger partial charge in [-0.25, -0.2) is 13.2 Å². The third-order valence-electron chi connectivity index (χ3n) is 4.30. The summed E-state index contributed by atoms with van der Waals surface area (Å²) in [4.78, 5) is 29.1. The first-order valence-corrected chi connectivity index (χ1v) is 8.95. The number of halogens is 3. The molecule has 2 aromatic carbocycles. The molecule has 0 spiro atoms. The van der Waals surface area contributed by atoms with Gasteiger partial charge in [0.2, 0.25) is 11.7 Å². The molecule has 1 amide bonds. The first-order valence-electron chi connectivity index (χ1n) is 8.95. The van der Waals surface area contributed by atoms with Crippen molar-refractivity contribution in [3.05, 3.63) is 88.6 Å². The lowest BCUT2D eigenvalue weighted by atomic mass is 10.2. The number of hydrogen-bond donors (Lipinski definition) is 1.